The third kappa shape index (κ3) is 6.88. The van der Waals surface area contributed by atoms with Crippen LogP contribution >= 0.6 is 0 Å². The first kappa shape index (κ1) is 28.6. The first-order valence-electron chi connectivity index (χ1n) is 10.6. The molecule has 0 unspecified atom stereocenters. The molecular weight excluding hydrogens is 527 g/mol. The van der Waals surface area contributed by atoms with Crippen molar-refractivity contribution in [3.05, 3.63) is 48.5 Å². The number of hydrogen-bond donors (Lipinski definition) is 3. The van der Waals surface area contributed by atoms with Crippen LogP contribution in [0.15, 0.2) is 53.4 Å². The number of alkyl halides is 3. The highest BCUT2D eigenvalue weighted by molar-refractivity contribution is 7.91. The highest BCUT2D eigenvalue weighted by atomic mass is 32.2. The number of aliphatic hydroxyl groups excluding tert-OH is 1. The molecule has 3 rings (SSSR count). The summed E-state index contributed by atoms with van der Waals surface area (Å²) >= 11 is 0. The van der Waals surface area contributed by atoms with Gasteiger partial charge in [-0.1, -0.05) is 0 Å². The second kappa shape index (κ2) is 10.4. The zero-order valence-corrected chi connectivity index (χ0v) is 20.3. The summed E-state index contributed by atoms with van der Waals surface area (Å²) in [5, 5.41) is 30.5. The molecule has 3 atom stereocenters. The van der Waals surface area contributed by atoms with Crippen LogP contribution in [0.5, 0.6) is 17.2 Å². The lowest BCUT2D eigenvalue weighted by Gasteiger charge is -2.38. The predicted octanol–water partition coefficient (Wildman–Crippen LogP) is 2.20. The minimum Gasteiger partial charge on any atom is -0.457 e. The van der Waals surface area contributed by atoms with Gasteiger partial charge in [-0.3, -0.25) is 10.0 Å². The summed E-state index contributed by atoms with van der Waals surface area (Å²) in [6.45, 7) is 2.16. The first-order chi connectivity index (χ1) is 17.1. The predicted molar refractivity (Wildman–Crippen MR) is 117 cm³/mol. The number of nitrogens with zero attached hydrogens (tertiary/aromatic N) is 1. The number of hydrogen-bond acceptors (Lipinski definition) is 10. The molecule has 1 amide bonds. The summed E-state index contributed by atoms with van der Waals surface area (Å²) in [6.07, 6.45) is -7.96. The van der Waals surface area contributed by atoms with Crippen molar-refractivity contribution >= 4 is 16.2 Å². The number of carbonyl (C=O) groups excluding carboxylic acids is 1. The molecule has 3 N–H and O–H groups in total. The van der Waals surface area contributed by atoms with E-state index < -0.39 is 58.0 Å². The van der Waals surface area contributed by atoms with Crippen LogP contribution in [0.2, 0.25) is 0 Å². The van der Waals surface area contributed by atoms with Crippen molar-refractivity contribution in [2.45, 2.75) is 48.8 Å². The van der Waals surface area contributed by atoms with E-state index in [2.05, 4.69) is 4.74 Å². The summed E-state index contributed by atoms with van der Waals surface area (Å²) in [6, 6.07) is 9.22. The van der Waals surface area contributed by atoms with E-state index in [1.54, 1.807) is 0 Å². The Bertz CT molecular complexity index is 1190. The third-order valence-corrected chi connectivity index (χ3v) is 6.99. The number of ether oxygens (including phenoxy) is 4. The normalized spacial score (nSPS) is 21.2. The maximum absolute atomic E-state index is 13.1. The van der Waals surface area contributed by atoms with Gasteiger partial charge in [0.05, 0.1) is 11.5 Å². The summed E-state index contributed by atoms with van der Waals surface area (Å²) in [5.74, 6) is -2.78. The average molecular weight is 551 g/mol. The van der Waals surface area contributed by atoms with Crippen molar-refractivity contribution in [2.75, 3.05) is 12.4 Å². The molecule has 0 spiro atoms. The van der Waals surface area contributed by atoms with Crippen LogP contribution in [-0.2, 0) is 24.1 Å². The van der Waals surface area contributed by atoms with Gasteiger partial charge in [-0.05, 0) is 62.4 Å². The maximum Gasteiger partial charge on any atom is 0.573 e. The molecule has 204 valence electrons. The van der Waals surface area contributed by atoms with Crippen molar-refractivity contribution in [3.63, 3.8) is 0 Å². The first-order valence-corrected chi connectivity index (χ1v) is 12.2. The molecule has 11 nitrogen and oxygen atoms in total. The van der Waals surface area contributed by atoms with Crippen molar-refractivity contribution in [2.24, 2.45) is 0 Å². The molecule has 1 fully saturated rings. The van der Waals surface area contributed by atoms with E-state index in [-0.39, 0.29) is 27.9 Å². The third-order valence-electron chi connectivity index (χ3n) is 5.19. The fourth-order valence-electron chi connectivity index (χ4n) is 3.65. The Kier molecular flexibility index (Phi) is 8.07. The molecule has 0 bridgehead atoms. The van der Waals surface area contributed by atoms with Gasteiger partial charge in [-0.25, -0.2) is 8.42 Å². The largest absolute Gasteiger partial charge is 0.573 e. The van der Waals surface area contributed by atoms with E-state index in [1.165, 1.54) is 38.1 Å². The number of halogens is 3. The monoisotopic (exact) mass is 551 g/mol. The SMILES string of the molecule is CC1(C)O[C@@H](CO)[C@H]([C@](O)(CS(=O)(=O)c2ccc(Oc3ccc(OC(F)(F)F)cc3)cc2)N(O)C=O)O1. The number of carbonyl (C=O) groups is 1. The molecule has 37 heavy (non-hydrogen) atoms. The Labute approximate surface area is 209 Å². The number of rotatable bonds is 10. The molecule has 0 aliphatic carbocycles. The molecule has 2 aromatic rings. The zero-order chi connectivity index (χ0) is 27.6. The second-order valence-corrected chi connectivity index (χ2v) is 10.4. The lowest BCUT2D eigenvalue weighted by atomic mass is 10.0. The Morgan fingerprint density at radius 1 is 1.03 bits per heavy atom. The molecule has 2 aromatic carbocycles. The zero-order valence-electron chi connectivity index (χ0n) is 19.5. The number of amides is 1. The quantitative estimate of drug-likeness (QED) is 0.173. The minimum absolute atomic E-state index is 0.130. The highest BCUT2D eigenvalue weighted by Gasteiger charge is 2.57. The molecule has 0 radical (unpaired) electrons. The van der Waals surface area contributed by atoms with Crippen LogP contribution in [0, 0.1) is 0 Å². The van der Waals surface area contributed by atoms with E-state index in [9.17, 15) is 41.8 Å². The molecule has 0 aromatic heterocycles. The van der Waals surface area contributed by atoms with Crippen LogP contribution in [0.3, 0.4) is 0 Å². The Morgan fingerprint density at radius 3 is 2.03 bits per heavy atom. The summed E-state index contributed by atoms with van der Waals surface area (Å²) in [4.78, 5) is 10.9. The van der Waals surface area contributed by atoms with Crippen LogP contribution < -0.4 is 9.47 Å². The van der Waals surface area contributed by atoms with E-state index in [1.807, 2.05) is 0 Å². The van der Waals surface area contributed by atoms with E-state index in [0.29, 0.717) is 0 Å². The van der Waals surface area contributed by atoms with Gasteiger partial charge >= 0.3 is 6.36 Å². The highest BCUT2D eigenvalue weighted by Crippen LogP contribution is 2.37. The van der Waals surface area contributed by atoms with Gasteiger partial charge in [0.25, 0.3) is 0 Å². The van der Waals surface area contributed by atoms with Crippen LogP contribution in [0.25, 0.3) is 0 Å². The van der Waals surface area contributed by atoms with Crippen molar-refractivity contribution in [3.8, 4) is 17.2 Å². The molecule has 1 aliphatic heterocycles. The smallest absolute Gasteiger partial charge is 0.457 e. The molecule has 1 saturated heterocycles. The van der Waals surface area contributed by atoms with Crippen LogP contribution in [0.1, 0.15) is 13.8 Å². The van der Waals surface area contributed by atoms with E-state index in [0.717, 1.165) is 24.3 Å². The van der Waals surface area contributed by atoms with Gasteiger partial charge in [0.1, 0.15) is 35.2 Å². The number of benzene rings is 2. The number of aliphatic hydroxyl groups is 2. The van der Waals surface area contributed by atoms with Crippen LogP contribution in [0.4, 0.5) is 13.2 Å². The molecular formula is C22H24F3NO10S. The molecule has 1 aliphatic rings. The topological polar surface area (TPSA) is 152 Å². The van der Waals surface area contributed by atoms with Gasteiger partial charge in [0.15, 0.2) is 15.6 Å². The maximum atomic E-state index is 13.1. The minimum atomic E-state index is -4.85. The number of hydroxylamine groups is 2. The summed E-state index contributed by atoms with van der Waals surface area (Å²) in [7, 11) is -4.40. The molecule has 0 saturated carbocycles. The van der Waals surface area contributed by atoms with Gasteiger partial charge < -0.3 is 29.2 Å². The van der Waals surface area contributed by atoms with Crippen molar-refractivity contribution < 1.29 is 60.8 Å². The molecule has 1 heterocycles. The van der Waals surface area contributed by atoms with Gasteiger partial charge in [-0.15, -0.1) is 13.2 Å². The van der Waals surface area contributed by atoms with E-state index >= 15 is 0 Å². The summed E-state index contributed by atoms with van der Waals surface area (Å²) < 4.78 is 83.1. The lowest BCUT2D eigenvalue weighted by Crippen LogP contribution is -2.62. The Morgan fingerprint density at radius 2 is 1.54 bits per heavy atom. The van der Waals surface area contributed by atoms with Gasteiger partial charge in [0.2, 0.25) is 12.1 Å². The average Bonchev–Trinajstić information content (AvgIpc) is 3.14. The van der Waals surface area contributed by atoms with Crippen molar-refractivity contribution in [1.29, 1.82) is 0 Å². The fraction of sp³-hybridized carbons (Fsp3) is 0.409. The Hall–Kier alpha value is -2.95. The standard InChI is InChI=1S/C22H24F3NO10S/c1-20(2)35-18(11-27)19(36-20)21(29,26(30)13-28)12-37(31,32)17-9-7-15(8-10-17)33-14-3-5-16(6-4-14)34-22(23,24)25/h3-10,13,18-19,27,29-30H,11-12H2,1-2H3/t18-,19+,21+/m0/s1. The Balaban J connectivity index is 1.78. The fourth-order valence-corrected chi connectivity index (χ4v) is 5.23. The van der Waals surface area contributed by atoms with Crippen molar-refractivity contribution in [1.82, 2.24) is 5.06 Å². The molecule has 15 heteroatoms. The second-order valence-electron chi connectivity index (χ2n) is 8.46. The van der Waals surface area contributed by atoms with Crippen LogP contribution in [-0.4, -0.2) is 77.8 Å². The van der Waals surface area contributed by atoms with E-state index in [4.69, 9.17) is 14.2 Å². The van der Waals surface area contributed by atoms with Gasteiger partial charge in [-0.2, -0.15) is 5.06 Å². The number of sulfone groups is 1. The van der Waals surface area contributed by atoms with Gasteiger partial charge in [0, 0.05) is 0 Å². The lowest BCUT2D eigenvalue weighted by molar-refractivity contribution is -0.275. The summed E-state index contributed by atoms with van der Waals surface area (Å²) in [5.41, 5.74) is -2.84.